The summed E-state index contributed by atoms with van der Waals surface area (Å²) < 4.78 is 10.9. The number of hydrogen-bond donors (Lipinski definition) is 1. The second kappa shape index (κ2) is 5.41. The van der Waals surface area contributed by atoms with E-state index in [1.807, 2.05) is 12.1 Å². The number of nitrogens with two attached hydrogens (primary N) is 1. The van der Waals surface area contributed by atoms with Gasteiger partial charge in [0, 0.05) is 5.56 Å². The van der Waals surface area contributed by atoms with Gasteiger partial charge >= 0.3 is 0 Å². The average molecular weight is 237 g/mol. The van der Waals surface area contributed by atoms with Gasteiger partial charge < -0.3 is 15.2 Å². The minimum Gasteiger partial charge on any atom is -0.497 e. The second-order valence-electron chi connectivity index (χ2n) is 5.16. The minimum absolute atomic E-state index is 0.0171. The highest BCUT2D eigenvalue weighted by Crippen LogP contribution is 2.37. The Kier molecular flexibility index (Phi) is 4.40. The summed E-state index contributed by atoms with van der Waals surface area (Å²) in [7, 11) is 3.39. The van der Waals surface area contributed by atoms with E-state index in [1.165, 1.54) is 0 Å². The zero-order chi connectivity index (χ0) is 13.1. The van der Waals surface area contributed by atoms with E-state index in [0.29, 0.717) is 6.54 Å². The van der Waals surface area contributed by atoms with Crippen molar-refractivity contribution in [2.75, 3.05) is 20.8 Å². The normalized spacial score (nSPS) is 11.4. The third kappa shape index (κ3) is 3.13. The smallest absolute Gasteiger partial charge is 0.126 e. The van der Waals surface area contributed by atoms with Gasteiger partial charge in [0.05, 0.1) is 14.2 Å². The number of hydrogen-bond acceptors (Lipinski definition) is 3. The van der Waals surface area contributed by atoms with Crippen LogP contribution in [0.5, 0.6) is 11.5 Å². The fourth-order valence-electron chi connectivity index (χ4n) is 1.92. The van der Waals surface area contributed by atoms with Crippen molar-refractivity contribution in [1.29, 1.82) is 0 Å². The van der Waals surface area contributed by atoms with Crippen LogP contribution in [-0.4, -0.2) is 20.8 Å². The van der Waals surface area contributed by atoms with Crippen LogP contribution in [0.3, 0.4) is 0 Å². The Morgan fingerprint density at radius 2 is 1.76 bits per heavy atom. The van der Waals surface area contributed by atoms with Gasteiger partial charge in [0.25, 0.3) is 0 Å². The van der Waals surface area contributed by atoms with Crippen molar-refractivity contribution >= 4 is 0 Å². The third-order valence-electron chi connectivity index (χ3n) is 2.80. The van der Waals surface area contributed by atoms with E-state index in [4.69, 9.17) is 15.2 Å². The van der Waals surface area contributed by atoms with Gasteiger partial charge in [-0.2, -0.15) is 0 Å². The summed E-state index contributed by atoms with van der Waals surface area (Å²) >= 11 is 0. The molecule has 0 fully saturated rings. The summed E-state index contributed by atoms with van der Waals surface area (Å²) in [4.78, 5) is 0. The highest BCUT2D eigenvalue weighted by atomic mass is 16.5. The maximum absolute atomic E-state index is 5.64. The first kappa shape index (κ1) is 13.8. The van der Waals surface area contributed by atoms with Crippen LogP contribution >= 0.6 is 0 Å². The standard InChI is InChI=1S/C14H23NO2/c1-14(2,3)12-9-11(16-4)8-10(6-7-15)13(12)17-5/h8-9H,6-7,15H2,1-5H3. The van der Waals surface area contributed by atoms with Gasteiger partial charge in [-0.15, -0.1) is 0 Å². The maximum Gasteiger partial charge on any atom is 0.126 e. The third-order valence-corrected chi connectivity index (χ3v) is 2.80. The maximum atomic E-state index is 5.64. The van der Waals surface area contributed by atoms with Gasteiger partial charge in [0.2, 0.25) is 0 Å². The second-order valence-corrected chi connectivity index (χ2v) is 5.16. The molecule has 0 aliphatic heterocycles. The molecule has 1 rings (SSSR count). The van der Waals surface area contributed by atoms with Gasteiger partial charge in [0.15, 0.2) is 0 Å². The SMILES string of the molecule is COc1cc(CCN)c(OC)c(C(C)(C)C)c1. The largest absolute Gasteiger partial charge is 0.497 e. The van der Waals surface area contributed by atoms with Crippen molar-refractivity contribution in [2.45, 2.75) is 32.6 Å². The molecule has 0 bridgehead atoms. The molecule has 1 aromatic carbocycles. The summed E-state index contributed by atoms with van der Waals surface area (Å²) in [6.45, 7) is 7.09. The predicted octanol–water partition coefficient (Wildman–Crippen LogP) is 2.50. The first-order valence-electron chi connectivity index (χ1n) is 5.89. The summed E-state index contributed by atoms with van der Waals surface area (Å²) in [5.41, 5.74) is 7.92. The Morgan fingerprint density at radius 1 is 1.12 bits per heavy atom. The molecule has 3 heteroatoms. The average Bonchev–Trinajstić information content (AvgIpc) is 2.27. The molecule has 0 saturated carbocycles. The van der Waals surface area contributed by atoms with E-state index in [-0.39, 0.29) is 5.41 Å². The Hall–Kier alpha value is -1.22. The van der Waals surface area contributed by atoms with Gasteiger partial charge in [-0.25, -0.2) is 0 Å². The predicted molar refractivity (Wildman–Crippen MR) is 71.0 cm³/mol. The van der Waals surface area contributed by atoms with E-state index in [9.17, 15) is 0 Å². The Labute approximate surface area is 104 Å². The molecular formula is C14H23NO2. The molecule has 0 saturated heterocycles. The molecule has 0 radical (unpaired) electrons. The number of rotatable bonds is 4. The molecule has 0 spiro atoms. The van der Waals surface area contributed by atoms with E-state index in [2.05, 4.69) is 20.8 Å². The molecule has 2 N–H and O–H groups in total. The monoisotopic (exact) mass is 237 g/mol. The summed E-state index contributed by atoms with van der Waals surface area (Å²) in [5, 5.41) is 0. The van der Waals surface area contributed by atoms with Gasteiger partial charge in [-0.3, -0.25) is 0 Å². The molecule has 0 aromatic heterocycles. The van der Waals surface area contributed by atoms with Crippen molar-refractivity contribution < 1.29 is 9.47 Å². The van der Waals surface area contributed by atoms with Crippen LogP contribution in [0.1, 0.15) is 31.9 Å². The van der Waals surface area contributed by atoms with Crippen LogP contribution in [0.4, 0.5) is 0 Å². The van der Waals surface area contributed by atoms with Crippen molar-refractivity contribution in [3.63, 3.8) is 0 Å². The van der Waals surface area contributed by atoms with Crippen molar-refractivity contribution in [3.05, 3.63) is 23.3 Å². The van der Waals surface area contributed by atoms with Gasteiger partial charge in [0.1, 0.15) is 11.5 Å². The molecule has 96 valence electrons. The fraction of sp³-hybridized carbons (Fsp3) is 0.571. The van der Waals surface area contributed by atoms with Crippen molar-refractivity contribution in [1.82, 2.24) is 0 Å². The lowest BCUT2D eigenvalue weighted by Crippen LogP contribution is -2.15. The number of ether oxygens (including phenoxy) is 2. The van der Waals surface area contributed by atoms with Gasteiger partial charge in [-0.05, 0) is 36.1 Å². The highest BCUT2D eigenvalue weighted by Gasteiger charge is 2.22. The van der Waals surface area contributed by atoms with E-state index < -0.39 is 0 Å². The lowest BCUT2D eigenvalue weighted by Gasteiger charge is -2.25. The van der Waals surface area contributed by atoms with Crippen molar-refractivity contribution in [2.24, 2.45) is 5.73 Å². The van der Waals surface area contributed by atoms with E-state index in [0.717, 1.165) is 29.0 Å². The molecule has 3 nitrogen and oxygen atoms in total. The quantitative estimate of drug-likeness (QED) is 0.875. The molecule has 0 aliphatic carbocycles. The Balaban J connectivity index is 3.39. The first-order valence-corrected chi connectivity index (χ1v) is 5.89. The lowest BCUT2D eigenvalue weighted by atomic mass is 9.84. The van der Waals surface area contributed by atoms with Crippen LogP contribution in [0, 0.1) is 0 Å². The molecule has 0 atom stereocenters. The number of methoxy groups -OCH3 is 2. The molecule has 0 heterocycles. The molecular weight excluding hydrogens is 214 g/mol. The zero-order valence-corrected chi connectivity index (χ0v) is 11.5. The van der Waals surface area contributed by atoms with Crippen LogP contribution in [-0.2, 0) is 11.8 Å². The fourth-order valence-corrected chi connectivity index (χ4v) is 1.92. The van der Waals surface area contributed by atoms with Crippen LogP contribution in [0.2, 0.25) is 0 Å². The Bertz CT molecular complexity index is 381. The van der Waals surface area contributed by atoms with Crippen LogP contribution in [0.15, 0.2) is 12.1 Å². The molecule has 0 unspecified atom stereocenters. The summed E-state index contributed by atoms with van der Waals surface area (Å²) in [6, 6.07) is 4.04. The summed E-state index contributed by atoms with van der Waals surface area (Å²) in [5.74, 6) is 1.79. The van der Waals surface area contributed by atoms with E-state index in [1.54, 1.807) is 14.2 Å². The molecule has 1 aromatic rings. The van der Waals surface area contributed by atoms with Crippen LogP contribution in [0.25, 0.3) is 0 Å². The number of benzene rings is 1. The van der Waals surface area contributed by atoms with Crippen molar-refractivity contribution in [3.8, 4) is 11.5 Å². The molecule has 0 aliphatic rings. The molecule has 0 amide bonds. The van der Waals surface area contributed by atoms with Gasteiger partial charge in [-0.1, -0.05) is 20.8 Å². The lowest BCUT2D eigenvalue weighted by molar-refractivity contribution is 0.383. The topological polar surface area (TPSA) is 44.5 Å². The zero-order valence-electron chi connectivity index (χ0n) is 11.5. The first-order chi connectivity index (χ1) is 7.93. The molecule has 17 heavy (non-hydrogen) atoms. The minimum atomic E-state index is 0.0171. The Morgan fingerprint density at radius 3 is 2.18 bits per heavy atom. The highest BCUT2D eigenvalue weighted by molar-refractivity contribution is 5.50. The van der Waals surface area contributed by atoms with E-state index >= 15 is 0 Å². The van der Waals surface area contributed by atoms with Crippen LogP contribution < -0.4 is 15.2 Å². The summed E-state index contributed by atoms with van der Waals surface area (Å²) in [6.07, 6.45) is 0.795.